The fourth-order valence-electron chi connectivity index (χ4n) is 4.83. The molecule has 1 saturated heterocycles. The molecular weight excluding hydrogens is 308 g/mol. The maximum atomic E-state index is 12.5. The van der Waals surface area contributed by atoms with Gasteiger partial charge in [-0.2, -0.15) is 0 Å². The van der Waals surface area contributed by atoms with E-state index in [9.17, 15) is 4.79 Å². The van der Waals surface area contributed by atoms with E-state index in [1.54, 1.807) is 0 Å². The van der Waals surface area contributed by atoms with Crippen LogP contribution in [-0.2, 0) is 0 Å². The largest absolute Gasteiger partial charge is 0.336 e. The van der Waals surface area contributed by atoms with E-state index in [1.807, 2.05) is 35.2 Å². The van der Waals surface area contributed by atoms with Crippen molar-refractivity contribution in [3.05, 3.63) is 35.9 Å². The monoisotopic (exact) mass is 334 g/mol. The Balaban J connectivity index is 0.00000156. The Hall–Kier alpha value is -1.06. The van der Waals surface area contributed by atoms with Gasteiger partial charge in [0.1, 0.15) is 0 Å². The van der Waals surface area contributed by atoms with Gasteiger partial charge in [-0.15, -0.1) is 12.4 Å². The molecule has 0 spiro atoms. The summed E-state index contributed by atoms with van der Waals surface area (Å²) in [4.78, 5) is 17.1. The lowest BCUT2D eigenvalue weighted by Gasteiger charge is -2.39. The van der Waals surface area contributed by atoms with Crippen LogP contribution in [0.4, 0.5) is 0 Å². The Morgan fingerprint density at radius 2 is 1.57 bits per heavy atom. The Morgan fingerprint density at radius 3 is 2.13 bits per heavy atom. The van der Waals surface area contributed by atoms with E-state index in [2.05, 4.69) is 18.7 Å². The number of nitrogens with zero attached hydrogens (tertiary/aromatic N) is 2. The third-order valence-electron chi connectivity index (χ3n) is 6.48. The summed E-state index contributed by atoms with van der Waals surface area (Å²) in [6, 6.07) is 10.5. The Morgan fingerprint density at radius 1 is 1.00 bits per heavy atom. The first-order chi connectivity index (χ1) is 10.6. The molecule has 2 atom stereocenters. The minimum absolute atomic E-state index is 0. The molecule has 3 fully saturated rings. The predicted molar refractivity (Wildman–Crippen MR) is 94.9 cm³/mol. The maximum absolute atomic E-state index is 12.5. The van der Waals surface area contributed by atoms with Gasteiger partial charge in [-0.25, -0.2) is 0 Å². The number of amides is 1. The number of hydrogen-bond acceptors (Lipinski definition) is 2. The first kappa shape index (κ1) is 16.8. The summed E-state index contributed by atoms with van der Waals surface area (Å²) in [5.74, 6) is 2.11. The summed E-state index contributed by atoms with van der Waals surface area (Å²) in [5.41, 5.74) is 1.43. The lowest BCUT2D eigenvalue weighted by Crippen LogP contribution is -2.51. The molecule has 1 aliphatic heterocycles. The van der Waals surface area contributed by atoms with E-state index in [0.29, 0.717) is 5.41 Å². The normalized spacial score (nSPS) is 32.1. The van der Waals surface area contributed by atoms with E-state index < -0.39 is 0 Å². The standard InChI is InChI=1S/C19H26N2O.ClH/c1-19(2)16-12-15(13-17(16)19)20-8-10-21(11-9-20)18(22)14-6-4-3-5-7-14;/h3-7,15-17H,8-13H2,1-2H3;1H. The molecule has 1 heterocycles. The van der Waals surface area contributed by atoms with Gasteiger partial charge in [0.05, 0.1) is 0 Å². The third-order valence-corrected chi connectivity index (χ3v) is 6.48. The SMILES string of the molecule is CC1(C)C2CC(N3CCN(C(=O)c4ccccc4)CC3)CC21.Cl. The van der Waals surface area contributed by atoms with Gasteiger partial charge in [-0.3, -0.25) is 9.69 Å². The van der Waals surface area contributed by atoms with E-state index >= 15 is 0 Å². The first-order valence-corrected chi connectivity index (χ1v) is 8.66. The molecule has 3 aliphatic rings. The molecule has 4 heteroatoms. The van der Waals surface area contributed by atoms with Crippen molar-refractivity contribution >= 4 is 18.3 Å². The van der Waals surface area contributed by atoms with Crippen molar-refractivity contribution < 1.29 is 4.79 Å². The summed E-state index contributed by atoms with van der Waals surface area (Å²) in [6.45, 7) is 8.70. The smallest absolute Gasteiger partial charge is 0.253 e. The topological polar surface area (TPSA) is 23.6 Å². The Kier molecular flexibility index (Phi) is 4.45. The van der Waals surface area contributed by atoms with Gasteiger partial charge < -0.3 is 4.90 Å². The minimum Gasteiger partial charge on any atom is -0.336 e. The number of halogens is 1. The molecule has 1 aromatic rings. The van der Waals surface area contributed by atoms with Crippen molar-refractivity contribution in [2.24, 2.45) is 17.3 Å². The Labute approximate surface area is 145 Å². The lowest BCUT2D eigenvalue weighted by molar-refractivity contribution is 0.0550. The molecule has 126 valence electrons. The molecule has 0 bridgehead atoms. The van der Waals surface area contributed by atoms with Crippen LogP contribution in [0.15, 0.2) is 30.3 Å². The van der Waals surface area contributed by atoms with Crippen molar-refractivity contribution in [1.82, 2.24) is 9.80 Å². The predicted octanol–water partition coefficient (Wildman–Crippen LogP) is 3.30. The lowest BCUT2D eigenvalue weighted by atomic mass is 9.96. The number of hydrogen-bond donors (Lipinski definition) is 0. The second kappa shape index (κ2) is 6.10. The average molecular weight is 335 g/mol. The van der Waals surface area contributed by atoms with Gasteiger partial charge in [0.15, 0.2) is 0 Å². The zero-order valence-electron chi connectivity index (χ0n) is 14.1. The van der Waals surface area contributed by atoms with Crippen molar-refractivity contribution in [3.8, 4) is 0 Å². The average Bonchev–Trinajstić information content (AvgIpc) is 2.93. The van der Waals surface area contributed by atoms with Gasteiger partial charge >= 0.3 is 0 Å². The van der Waals surface area contributed by atoms with E-state index in [1.165, 1.54) is 12.8 Å². The molecule has 1 amide bonds. The van der Waals surface area contributed by atoms with Crippen LogP contribution in [-0.4, -0.2) is 47.9 Å². The number of piperazine rings is 1. The summed E-state index contributed by atoms with van der Waals surface area (Å²) >= 11 is 0. The zero-order chi connectivity index (χ0) is 15.3. The quantitative estimate of drug-likeness (QED) is 0.828. The highest BCUT2D eigenvalue weighted by Crippen LogP contribution is 2.67. The molecule has 2 aliphatic carbocycles. The number of carbonyl (C=O) groups excluding carboxylic acids is 1. The summed E-state index contributed by atoms with van der Waals surface area (Å²) in [7, 11) is 0. The number of rotatable bonds is 2. The van der Waals surface area contributed by atoms with Crippen LogP contribution in [0.5, 0.6) is 0 Å². The van der Waals surface area contributed by atoms with Gasteiger partial charge in [0, 0.05) is 37.8 Å². The van der Waals surface area contributed by atoms with Crippen LogP contribution >= 0.6 is 12.4 Å². The van der Waals surface area contributed by atoms with Gasteiger partial charge in [-0.05, 0) is 42.2 Å². The third kappa shape index (κ3) is 2.89. The van der Waals surface area contributed by atoms with Crippen LogP contribution in [0.3, 0.4) is 0 Å². The van der Waals surface area contributed by atoms with E-state index in [4.69, 9.17) is 0 Å². The molecule has 2 unspecified atom stereocenters. The van der Waals surface area contributed by atoms with Crippen molar-refractivity contribution in [3.63, 3.8) is 0 Å². The van der Waals surface area contributed by atoms with Gasteiger partial charge in [0.2, 0.25) is 0 Å². The molecule has 3 nitrogen and oxygen atoms in total. The second-order valence-corrected chi connectivity index (χ2v) is 7.85. The van der Waals surface area contributed by atoms with Crippen LogP contribution in [0.25, 0.3) is 0 Å². The maximum Gasteiger partial charge on any atom is 0.253 e. The molecule has 1 aromatic carbocycles. The van der Waals surface area contributed by atoms with Crippen molar-refractivity contribution in [2.45, 2.75) is 32.7 Å². The van der Waals surface area contributed by atoms with Crippen molar-refractivity contribution in [2.75, 3.05) is 26.2 Å². The molecule has 2 saturated carbocycles. The van der Waals surface area contributed by atoms with E-state index in [-0.39, 0.29) is 18.3 Å². The van der Waals surface area contributed by atoms with Crippen molar-refractivity contribution in [1.29, 1.82) is 0 Å². The number of carbonyl (C=O) groups is 1. The highest BCUT2D eigenvalue weighted by atomic mass is 35.5. The van der Waals surface area contributed by atoms with Gasteiger partial charge in [-0.1, -0.05) is 32.0 Å². The first-order valence-electron chi connectivity index (χ1n) is 8.66. The fraction of sp³-hybridized carbons (Fsp3) is 0.632. The highest BCUT2D eigenvalue weighted by Gasteiger charge is 2.62. The fourth-order valence-corrected chi connectivity index (χ4v) is 4.83. The van der Waals surface area contributed by atoms with Crippen LogP contribution in [0.2, 0.25) is 0 Å². The summed E-state index contributed by atoms with van der Waals surface area (Å²) in [6.07, 6.45) is 2.76. The second-order valence-electron chi connectivity index (χ2n) is 7.85. The Bertz CT molecular complexity index is 552. The zero-order valence-corrected chi connectivity index (χ0v) is 14.9. The minimum atomic E-state index is 0. The van der Waals surface area contributed by atoms with Crippen LogP contribution in [0.1, 0.15) is 37.0 Å². The molecule has 0 radical (unpaired) electrons. The van der Waals surface area contributed by atoms with Crippen LogP contribution in [0, 0.1) is 17.3 Å². The molecular formula is C19H27ClN2O. The highest BCUT2D eigenvalue weighted by molar-refractivity contribution is 5.94. The summed E-state index contributed by atoms with van der Waals surface area (Å²) in [5, 5.41) is 0. The molecule has 0 N–H and O–H groups in total. The molecule has 4 rings (SSSR count). The summed E-state index contributed by atoms with van der Waals surface area (Å²) < 4.78 is 0. The molecule has 0 aromatic heterocycles. The van der Waals surface area contributed by atoms with Crippen LogP contribution < -0.4 is 0 Å². The molecule has 23 heavy (non-hydrogen) atoms. The van der Waals surface area contributed by atoms with E-state index in [0.717, 1.165) is 49.6 Å². The van der Waals surface area contributed by atoms with Gasteiger partial charge in [0.25, 0.3) is 5.91 Å². The number of benzene rings is 1. The number of fused-ring (bicyclic) bond motifs is 1.